The molecule has 0 spiro atoms. The van der Waals surface area contributed by atoms with Gasteiger partial charge in [-0.15, -0.1) is 0 Å². The minimum absolute atomic E-state index is 0.201. The first-order valence-corrected chi connectivity index (χ1v) is 7.90. The van der Waals surface area contributed by atoms with Crippen LogP contribution in [0.15, 0.2) is 67.0 Å². The van der Waals surface area contributed by atoms with Crippen molar-refractivity contribution in [1.82, 2.24) is 15.0 Å². The summed E-state index contributed by atoms with van der Waals surface area (Å²) in [7, 11) is 0. The number of H-pyrrole nitrogens is 1. The van der Waals surface area contributed by atoms with Gasteiger partial charge in [-0.1, -0.05) is 0 Å². The molecule has 4 rings (SSSR count). The molecule has 0 aliphatic heterocycles. The maximum absolute atomic E-state index is 13.3. The molecule has 2 heterocycles. The molecule has 0 radical (unpaired) electrons. The van der Waals surface area contributed by atoms with Crippen LogP contribution in [-0.2, 0) is 0 Å². The fourth-order valence-corrected chi connectivity index (χ4v) is 2.72. The van der Waals surface area contributed by atoms with Crippen molar-refractivity contribution in [2.75, 3.05) is 0 Å². The second-order valence-corrected chi connectivity index (χ2v) is 5.76. The Morgan fingerprint density at radius 1 is 0.769 bits per heavy atom. The van der Waals surface area contributed by atoms with Gasteiger partial charge in [0.15, 0.2) is 11.5 Å². The van der Waals surface area contributed by atoms with Gasteiger partial charge in [-0.25, -0.2) is 9.37 Å². The van der Waals surface area contributed by atoms with E-state index in [1.165, 1.54) is 24.3 Å². The standard InChI is InChI=1S/C20H14FN3O2/c21-15-4-1-12(2-5-15)18-19(13-7-9-22-10-8-13)24-20(23-18)14-3-6-16(25)17(26)11-14/h1-11,25-26H,(H,23,24). The molecule has 6 heteroatoms. The molecular weight excluding hydrogens is 333 g/mol. The molecule has 0 saturated carbocycles. The van der Waals surface area contributed by atoms with E-state index < -0.39 is 0 Å². The average Bonchev–Trinajstić information content (AvgIpc) is 3.11. The van der Waals surface area contributed by atoms with Crippen LogP contribution in [0.4, 0.5) is 4.39 Å². The van der Waals surface area contributed by atoms with Crippen LogP contribution in [0, 0.1) is 5.82 Å². The van der Waals surface area contributed by atoms with Gasteiger partial charge in [0.25, 0.3) is 0 Å². The summed E-state index contributed by atoms with van der Waals surface area (Å²) in [6, 6.07) is 14.3. The highest BCUT2D eigenvalue weighted by Gasteiger charge is 2.16. The van der Waals surface area contributed by atoms with E-state index in [4.69, 9.17) is 0 Å². The van der Waals surface area contributed by atoms with E-state index in [1.807, 2.05) is 12.1 Å². The first kappa shape index (κ1) is 15.8. The topological polar surface area (TPSA) is 82.0 Å². The van der Waals surface area contributed by atoms with Crippen LogP contribution in [0.2, 0.25) is 0 Å². The van der Waals surface area contributed by atoms with E-state index in [2.05, 4.69) is 15.0 Å². The summed E-state index contributed by atoms with van der Waals surface area (Å²) < 4.78 is 13.3. The number of phenols is 2. The zero-order chi connectivity index (χ0) is 18.1. The average molecular weight is 347 g/mol. The van der Waals surface area contributed by atoms with E-state index in [0.717, 1.165) is 16.8 Å². The monoisotopic (exact) mass is 347 g/mol. The summed E-state index contributed by atoms with van der Waals surface area (Å²) in [5, 5.41) is 19.3. The molecule has 0 fully saturated rings. The van der Waals surface area contributed by atoms with Crippen LogP contribution in [0.25, 0.3) is 33.9 Å². The number of imidazole rings is 1. The number of aromatic hydroxyl groups is 2. The Morgan fingerprint density at radius 3 is 2.15 bits per heavy atom. The minimum Gasteiger partial charge on any atom is -0.504 e. The van der Waals surface area contributed by atoms with Crippen molar-refractivity contribution in [3.63, 3.8) is 0 Å². The molecule has 0 bridgehead atoms. The highest BCUT2D eigenvalue weighted by molar-refractivity contribution is 5.81. The number of hydrogen-bond acceptors (Lipinski definition) is 4. The van der Waals surface area contributed by atoms with Crippen molar-refractivity contribution in [2.45, 2.75) is 0 Å². The van der Waals surface area contributed by atoms with Crippen molar-refractivity contribution in [1.29, 1.82) is 0 Å². The van der Waals surface area contributed by atoms with E-state index in [0.29, 0.717) is 17.1 Å². The van der Waals surface area contributed by atoms with Gasteiger partial charge in [-0.2, -0.15) is 0 Å². The van der Waals surface area contributed by atoms with Gasteiger partial charge >= 0.3 is 0 Å². The van der Waals surface area contributed by atoms with Gasteiger partial charge in [0.05, 0.1) is 11.4 Å². The zero-order valence-corrected chi connectivity index (χ0v) is 13.5. The molecule has 0 saturated heterocycles. The van der Waals surface area contributed by atoms with E-state index in [-0.39, 0.29) is 17.3 Å². The number of halogens is 1. The van der Waals surface area contributed by atoms with E-state index in [1.54, 1.807) is 30.6 Å². The number of rotatable bonds is 3. The summed E-state index contributed by atoms with van der Waals surface area (Å²) >= 11 is 0. The molecule has 5 nitrogen and oxygen atoms in total. The predicted octanol–water partition coefficient (Wildman–Crippen LogP) is 4.36. The second kappa shape index (κ2) is 6.33. The highest BCUT2D eigenvalue weighted by Crippen LogP contribution is 2.35. The van der Waals surface area contributed by atoms with Crippen molar-refractivity contribution in [3.8, 4) is 45.4 Å². The van der Waals surface area contributed by atoms with Crippen LogP contribution in [-0.4, -0.2) is 25.2 Å². The second-order valence-electron chi connectivity index (χ2n) is 5.76. The molecule has 0 unspecified atom stereocenters. The Morgan fingerprint density at radius 2 is 1.46 bits per heavy atom. The summed E-state index contributed by atoms with van der Waals surface area (Å²) in [6.45, 7) is 0. The Kier molecular flexibility index (Phi) is 3.85. The molecule has 0 aliphatic rings. The third kappa shape index (κ3) is 2.88. The quantitative estimate of drug-likeness (QED) is 0.481. The molecule has 2 aromatic heterocycles. The molecule has 128 valence electrons. The third-order valence-electron chi connectivity index (χ3n) is 4.04. The van der Waals surface area contributed by atoms with Gasteiger partial charge in [0.2, 0.25) is 0 Å². The first-order valence-electron chi connectivity index (χ1n) is 7.90. The maximum atomic E-state index is 13.3. The number of nitrogens with zero attached hydrogens (tertiary/aromatic N) is 2. The Bertz CT molecular complexity index is 1060. The van der Waals surface area contributed by atoms with Crippen molar-refractivity contribution < 1.29 is 14.6 Å². The normalized spacial score (nSPS) is 10.8. The Balaban J connectivity index is 1.90. The lowest BCUT2D eigenvalue weighted by atomic mass is 10.1. The molecule has 0 aliphatic carbocycles. The van der Waals surface area contributed by atoms with Crippen LogP contribution in [0.3, 0.4) is 0 Å². The smallest absolute Gasteiger partial charge is 0.158 e. The van der Waals surface area contributed by atoms with Gasteiger partial charge < -0.3 is 15.2 Å². The lowest BCUT2D eigenvalue weighted by Crippen LogP contribution is -1.84. The summed E-state index contributed by atoms with van der Waals surface area (Å²) in [5.74, 6) is -0.231. The van der Waals surface area contributed by atoms with Crippen LogP contribution < -0.4 is 0 Å². The van der Waals surface area contributed by atoms with Gasteiger partial charge in [-0.3, -0.25) is 4.98 Å². The number of nitrogens with one attached hydrogen (secondary N) is 1. The highest BCUT2D eigenvalue weighted by atomic mass is 19.1. The summed E-state index contributed by atoms with van der Waals surface area (Å²) in [4.78, 5) is 11.9. The molecule has 0 amide bonds. The minimum atomic E-state index is -0.321. The fourth-order valence-electron chi connectivity index (χ4n) is 2.72. The molecule has 26 heavy (non-hydrogen) atoms. The zero-order valence-electron chi connectivity index (χ0n) is 13.5. The lowest BCUT2D eigenvalue weighted by Gasteiger charge is -2.02. The summed E-state index contributed by atoms with van der Waals surface area (Å²) in [5.41, 5.74) is 3.65. The first-order chi connectivity index (χ1) is 12.6. The number of phenolic OH excluding ortho intramolecular Hbond substituents is 2. The largest absolute Gasteiger partial charge is 0.504 e. The van der Waals surface area contributed by atoms with Crippen LogP contribution in [0.5, 0.6) is 11.5 Å². The molecule has 0 atom stereocenters. The third-order valence-corrected chi connectivity index (χ3v) is 4.04. The molecular formula is C20H14FN3O2. The fraction of sp³-hybridized carbons (Fsp3) is 0. The number of hydrogen-bond donors (Lipinski definition) is 3. The van der Waals surface area contributed by atoms with Crippen molar-refractivity contribution in [2.24, 2.45) is 0 Å². The number of aromatic amines is 1. The SMILES string of the molecule is Oc1ccc(-c2nc(-c3ccc(F)cc3)c(-c3ccncc3)[nH]2)cc1O. The van der Waals surface area contributed by atoms with Crippen molar-refractivity contribution >= 4 is 0 Å². The van der Waals surface area contributed by atoms with Crippen LogP contribution >= 0.6 is 0 Å². The van der Waals surface area contributed by atoms with E-state index in [9.17, 15) is 14.6 Å². The molecule has 4 aromatic rings. The van der Waals surface area contributed by atoms with Crippen molar-refractivity contribution in [3.05, 3.63) is 72.8 Å². The van der Waals surface area contributed by atoms with Gasteiger partial charge in [0, 0.05) is 29.1 Å². The van der Waals surface area contributed by atoms with Gasteiger partial charge in [-0.05, 0) is 54.6 Å². The number of aromatic nitrogens is 3. The maximum Gasteiger partial charge on any atom is 0.158 e. The number of pyridine rings is 1. The van der Waals surface area contributed by atoms with E-state index >= 15 is 0 Å². The predicted molar refractivity (Wildman–Crippen MR) is 96.0 cm³/mol. The van der Waals surface area contributed by atoms with Gasteiger partial charge in [0.1, 0.15) is 11.6 Å². The lowest BCUT2D eigenvalue weighted by molar-refractivity contribution is 0.404. The molecule has 3 N–H and O–H groups in total. The number of benzene rings is 2. The Labute approximate surface area is 148 Å². The molecule has 2 aromatic carbocycles. The Hall–Kier alpha value is -3.67. The summed E-state index contributed by atoms with van der Waals surface area (Å²) in [6.07, 6.45) is 3.35. The van der Waals surface area contributed by atoms with Crippen LogP contribution in [0.1, 0.15) is 0 Å².